The van der Waals surface area contributed by atoms with Crippen LogP contribution in [0.5, 0.6) is 0 Å². The number of H-pyrrole nitrogens is 1. The molecular formula is C9H11FN2O4S. The molecule has 3 N–H and O–H groups in total. The van der Waals surface area contributed by atoms with Crippen molar-refractivity contribution < 1.29 is 14.6 Å². The zero-order chi connectivity index (χ0) is 12.6. The van der Waals surface area contributed by atoms with Crippen LogP contribution in [-0.4, -0.2) is 43.9 Å². The van der Waals surface area contributed by atoms with Crippen molar-refractivity contribution in [2.24, 2.45) is 0 Å². The van der Waals surface area contributed by atoms with Crippen LogP contribution in [0, 0.1) is 0 Å². The van der Waals surface area contributed by atoms with Crippen LogP contribution in [0.15, 0.2) is 21.9 Å². The first kappa shape index (κ1) is 12.3. The fraction of sp³-hybridized carbons (Fsp3) is 0.556. The van der Waals surface area contributed by atoms with Gasteiger partial charge < -0.3 is 10.2 Å². The van der Waals surface area contributed by atoms with Crippen LogP contribution in [0.4, 0.5) is 4.39 Å². The Morgan fingerprint density at radius 1 is 1.53 bits per heavy atom. The molecule has 94 valence electrons. The van der Waals surface area contributed by atoms with Gasteiger partial charge in [-0.2, -0.15) is 0 Å². The Kier molecular flexibility index (Phi) is 3.36. The van der Waals surface area contributed by atoms with Crippen LogP contribution in [0.3, 0.4) is 0 Å². The second kappa shape index (κ2) is 4.63. The summed E-state index contributed by atoms with van der Waals surface area (Å²) in [7, 11) is 0. The zero-order valence-electron chi connectivity index (χ0n) is 8.62. The molecule has 0 radical (unpaired) electrons. The molecule has 1 saturated heterocycles. The zero-order valence-corrected chi connectivity index (χ0v) is 9.43. The van der Waals surface area contributed by atoms with Crippen molar-refractivity contribution in [2.75, 3.05) is 6.61 Å². The number of hydrogen-bond acceptors (Lipinski definition) is 5. The molecule has 1 fully saturated rings. The summed E-state index contributed by atoms with van der Waals surface area (Å²) in [6.45, 7) is -0.374. The van der Waals surface area contributed by atoms with E-state index in [1.165, 1.54) is 6.20 Å². The van der Waals surface area contributed by atoms with Gasteiger partial charge in [0, 0.05) is 12.3 Å². The predicted molar refractivity (Wildman–Crippen MR) is 59.7 cm³/mol. The first-order valence-electron chi connectivity index (χ1n) is 4.94. The van der Waals surface area contributed by atoms with Gasteiger partial charge in [0.25, 0.3) is 5.56 Å². The van der Waals surface area contributed by atoms with Gasteiger partial charge in [0.15, 0.2) is 6.17 Å². The van der Waals surface area contributed by atoms with E-state index in [1.807, 2.05) is 4.98 Å². The number of alkyl halides is 1. The molecule has 1 aliphatic heterocycles. The summed E-state index contributed by atoms with van der Waals surface area (Å²) in [5, 5.41) is 16.8. The molecule has 6 nitrogen and oxygen atoms in total. The van der Waals surface area contributed by atoms with Gasteiger partial charge in [-0.3, -0.25) is 14.3 Å². The minimum atomic E-state index is -1.67. The number of halogens is 1. The van der Waals surface area contributed by atoms with E-state index in [4.69, 9.17) is 5.11 Å². The Balaban J connectivity index is 2.35. The molecule has 1 aliphatic rings. The fourth-order valence-electron chi connectivity index (χ4n) is 1.71. The smallest absolute Gasteiger partial charge is 0.329 e. The summed E-state index contributed by atoms with van der Waals surface area (Å²) in [6.07, 6.45) is -1.81. The summed E-state index contributed by atoms with van der Waals surface area (Å²) < 4.78 is 14.8. The lowest BCUT2D eigenvalue weighted by Gasteiger charge is -2.15. The van der Waals surface area contributed by atoms with E-state index in [2.05, 4.69) is 0 Å². The van der Waals surface area contributed by atoms with Crippen molar-refractivity contribution in [3.63, 3.8) is 0 Å². The second-order valence-corrected chi connectivity index (χ2v) is 5.06. The van der Waals surface area contributed by atoms with E-state index >= 15 is 0 Å². The SMILES string of the molecule is O=c1ccn([C@H]2S[C@@H](CO)[C@@H](O)[C@H]2F)c(=O)[nH]1. The number of thioether (sulfide) groups is 1. The van der Waals surface area contributed by atoms with Crippen molar-refractivity contribution in [1.82, 2.24) is 9.55 Å². The van der Waals surface area contributed by atoms with Crippen LogP contribution < -0.4 is 11.2 Å². The topological polar surface area (TPSA) is 95.3 Å². The van der Waals surface area contributed by atoms with E-state index in [1.54, 1.807) is 0 Å². The van der Waals surface area contributed by atoms with Crippen LogP contribution in [-0.2, 0) is 0 Å². The largest absolute Gasteiger partial charge is 0.395 e. The number of nitrogens with zero attached hydrogens (tertiary/aromatic N) is 1. The molecule has 17 heavy (non-hydrogen) atoms. The summed E-state index contributed by atoms with van der Waals surface area (Å²) in [5.41, 5.74) is -1.30. The molecule has 0 unspecified atom stereocenters. The van der Waals surface area contributed by atoms with Crippen LogP contribution in [0.2, 0.25) is 0 Å². The molecule has 0 amide bonds. The molecular weight excluding hydrogens is 251 g/mol. The van der Waals surface area contributed by atoms with Crippen molar-refractivity contribution in [3.05, 3.63) is 33.1 Å². The molecule has 0 bridgehead atoms. The lowest BCUT2D eigenvalue weighted by atomic mass is 10.1. The predicted octanol–water partition coefficient (Wildman–Crippen LogP) is -1.16. The van der Waals surface area contributed by atoms with E-state index in [0.717, 1.165) is 22.4 Å². The van der Waals surface area contributed by atoms with Crippen molar-refractivity contribution in [3.8, 4) is 0 Å². The van der Waals surface area contributed by atoms with Crippen LogP contribution in [0.25, 0.3) is 0 Å². The number of aliphatic hydroxyl groups is 2. The number of aromatic amines is 1. The first-order chi connectivity index (χ1) is 8.04. The highest BCUT2D eigenvalue weighted by Gasteiger charge is 2.44. The fourth-order valence-corrected chi connectivity index (χ4v) is 3.07. The van der Waals surface area contributed by atoms with Gasteiger partial charge in [0.2, 0.25) is 0 Å². The maximum atomic E-state index is 13.8. The van der Waals surface area contributed by atoms with E-state index < -0.39 is 34.1 Å². The minimum Gasteiger partial charge on any atom is -0.395 e. The molecule has 8 heteroatoms. The van der Waals surface area contributed by atoms with Gasteiger partial charge in [-0.1, -0.05) is 0 Å². The molecule has 0 aliphatic carbocycles. The van der Waals surface area contributed by atoms with E-state index in [-0.39, 0.29) is 6.61 Å². The monoisotopic (exact) mass is 262 g/mol. The molecule has 2 rings (SSSR count). The third-order valence-corrected chi connectivity index (χ3v) is 4.14. The standard InChI is InChI=1S/C9H11FN2O4S/c10-6-7(15)4(3-13)17-8(6)12-2-1-5(14)11-9(12)16/h1-2,4,6-8,13,15H,3H2,(H,11,14,16)/t4-,6+,7+,8-/m0/s1. The molecule has 0 aromatic carbocycles. The summed E-state index contributed by atoms with van der Waals surface area (Å²) in [6, 6.07) is 1.10. The maximum absolute atomic E-state index is 13.8. The van der Waals surface area contributed by atoms with Gasteiger partial charge in [-0.25, -0.2) is 9.18 Å². The lowest BCUT2D eigenvalue weighted by molar-refractivity contribution is 0.0631. The Hall–Kier alpha value is -1.12. The van der Waals surface area contributed by atoms with E-state index in [0.29, 0.717) is 0 Å². The Bertz CT molecular complexity index is 516. The van der Waals surface area contributed by atoms with Crippen LogP contribution >= 0.6 is 11.8 Å². The Labute approximate surface area is 99.1 Å². The number of hydrogen-bond donors (Lipinski definition) is 3. The summed E-state index contributed by atoms with van der Waals surface area (Å²) in [5.74, 6) is 0. The maximum Gasteiger partial charge on any atom is 0.329 e. The first-order valence-corrected chi connectivity index (χ1v) is 5.89. The number of aromatic nitrogens is 2. The van der Waals surface area contributed by atoms with Gasteiger partial charge in [-0.05, 0) is 0 Å². The highest BCUT2D eigenvalue weighted by Crippen LogP contribution is 2.42. The molecule has 4 atom stereocenters. The quantitative estimate of drug-likeness (QED) is 0.625. The van der Waals surface area contributed by atoms with Gasteiger partial charge in [0.05, 0.1) is 11.9 Å². The number of rotatable bonds is 2. The normalized spacial score (nSPS) is 32.9. The Morgan fingerprint density at radius 3 is 2.76 bits per heavy atom. The molecule has 0 saturated carbocycles. The third kappa shape index (κ3) is 2.15. The van der Waals surface area contributed by atoms with Crippen molar-refractivity contribution in [2.45, 2.75) is 22.9 Å². The minimum absolute atomic E-state index is 0.374. The van der Waals surface area contributed by atoms with E-state index in [9.17, 15) is 19.1 Å². The third-order valence-electron chi connectivity index (χ3n) is 2.60. The van der Waals surface area contributed by atoms with Gasteiger partial charge in [0.1, 0.15) is 11.5 Å². The number of nitrogens with one attached hydrogen (secondary N) is 1. The molecule has 2 heterocycles. The molecule has 1 aromatic heterocycles. The average molecular weight is 262 g/mol. The summed E-state index contributed by atoms with van der Waals surface area (Å²) >= 11 is 0.966. The Morgan fingerprint density at radius 2 is 2.24 bits per heavy atom. The molecule has 0 spiro atoms. The van der Waals surface area contributed by atoms with Crippen molar-refractivity contribution >= 4 is 11.8 Å². The average Bonchev–Trinajstić information content (AvgIpc) is 2.57. The second-order valence-electron chi connectivity index (χ2n) is 3.70. The van der Waals surface area contributed by atoms with Gasteiger partial charge in [-0.15, -0.1) is 11.8 Å². The summed E-state index contributed by atoms with van der Waals surface area (Å²) in [4.78, 5) is 24.3. The highest BCUT2D eigenvalue weighted by atomic mass is 32.2. The van der Waals surface area contributed by atoms with Gasteiger partial charge >= 0.3 is 5.69 Å². The lowest BCUT2D eigenvalue weighted by Crippen LogP contribution is -2.35. The highest BCUT2D eigenvalue weighted by molar-refractivity contribution is 8.00. The molecule has 1 aromatic rings. The van der Waals surface area contributed by atoms with Crippen LogP contribution in [0.1, 0.15) is 5.37 Å². The number of aliphatic hydroxyl groups excluding tert-OH is 2. The van der Waals surface area contributed by atoms with Crippen molar-refractivity contribution in [1.29, 1.82) is 0 Å².